The molecule has 96 valence electrons. The van der Waals surface area contributed by atoms with E-state index in [2.05, 4.69) is 27.6 Å². The lowest BCUT2D eigenvalue weighted by Gasteiger charge is -2.11. The van der Waals surface area contributed by atoms with E-state index in [-0.39, 0.29) is 0 Å². The summed E-state index contributed by atoms with van der Waals surface area (Å²) in [7, 11) is 0. The number of aliphatic hydroxyl groups is 1. The molecule has 3 rings (SSSR count). The number of nitrogens with one attached hydrogen (secondary N) is 1. The van der Waals surface area contributed by atoms with Crippen LogP contribution in [-0.4, -0.2) is 10.1 Å². The zero-order valence-corrected chi connectivity index (χ0v) is 11.9. The lowest BCUT2D eigenvalue weighted by Crippen LogP contribution is -1.99. The van der Waals surface area contributed by atoms with Crippen molar-refractivity contribution in [2.24, 2.45) is 0 Å². The second kappa shape index (κ2) is 4.82. The molecule has 0 spiro atoms. The molecule has 19 heavy (non-hydrogen) atoms. The lowest BCUT2D eigenvalue weighted by molar-refractivity contribution is 0.220. The smallest absolute Gasteiger partial charge is 0.408 e. The number of aromatic nitrogens is 1. The Hall–Kier alpha value is -1.60. The van der Waals surface area contributed by atoms with Gasteiger partial charge in [0.1, 0.15) is 6.10 Å². The van der Waals surface area contributed by atoms with Crippen LogP contribution in [0.15, 0.2) is 51.7 Å². The van der Waals surface area contributed by atoms with Gasteiger partial charge in [-0.05, 0) is 58.0 Å². The number of hydrogen-bond donors (Lipinski definition) is 2. The second-order valence-corrected chi connectivity index (χ2v) is 5.47. The molecule has 0 aliphatic heterocycles. The number of aliphatic hydroxyl groups excluding tert-OH is 1. The van der Waals surface area contributed by atoms with Crippen molar-refractivity contribution in [3.63, 3.8) is 0 Å². The summed E-state index contributed by atoms with van der Waals surface area (Å²) in [5.74, 6) is -0.490. The van der Waals surface area contributed by atoms with Gasteiger partial charge in [0.15, 0.2) is 5.58 Å². The first-order valence-corrected chi connectivity index (χ1v) is 6.78. The number of hydrogen-bond acceptors (Lipinski definition) is 3. The predicted octanol–water partition coefficient (Wildman–Crippen LogP) is 2.81. The van der Waals surface area contributed by atoms with Crippen LogP contribution in [0, 0.1) is 3.57 Å². The van der Waals surface area contributed by atoms with Crippen LogP contribution < -0.4 is 5.76 Å². The average molecular weight is 367 g/mol. The Bertz CT molecular complexity index is 790. The third-order valence-electron chi connectivity index (χ3n) is 2.93. The Morgan fingerprint density at radius 1 is 1.16 bits per heavy atom. The molecule has 2 N–H and O–H groups in total. The summed E-state index contributed by atoms with van der Waals surface area (Å²) in [6.07, 6.45) is -0.737. The summed E-state index contributed by atoms with van der Waals surface area (Å²) >= 11 is 2.20. The largest absolute Gasteiger partial charge is 0.417 e. The van der Waals surface area contributed by atoms with Crippen LogP contribution in [0.4, 0.5) is 0 Å². The van der Waals surface area contributed by atoms with Crippen molar-refractivity contribution in [3.05, 3.63) is 67.7 Å². The van der Waals surface area contributed by atoms with E-state index in [9.17, 15) is 9.90 Å². The fraction of sp³-hybridized carbons (Fsp3) is 0.0714. The Kier molecular flexibility index (Phi) is 3.16. The van der Waals surface area contributed by atoms with Crippen molar-refractivity contribution in [2.45, 2.75) is 6.10 Å². The van der Waals surface area contributed by atoms with Gasteiger partial charge < -0.3 is 9.52 Å². The highest BCUT2D eigenvalue weighted by molar-refractivity contribution is 14.1. The molecule has 1 aromatic heterocycles. The maximum absolute atomic E-state index is 11.1. The van der Waals surface area contributed by atoms with Crippen LogP contribution in [0.25, 0.3) is 11.1 Å². The van der Waals surface area contributed by atoms with Gasteiger partial charge in [-0.1, -0.05) is 18.2 Å². The summed E-state index contributed by atoms with van der Waals surface area (Å²) in [5, 5.41) is 10.3. The molecule has 0 aliphatic rings. The highest BCUT2D eigenvalue weighted by atomic mass is 127. The van der Waals surface area contributed by atoms with Gasteiger partial charge in [-0.2, -0.15) is 0 Å². The van der Waals surface area contributed by atoms with Crippen molar-refractivity contribution >= 4 is 33.7 Å². The molecule has 1 atom stereocenters. The number of H-pyrrole nitrogens is 1. The molecule has 4 nitrogen and oxygen atoms in total. The van der Waals surface area contributed by atoms with E-state index in [1.165, 1.54) is 0 Å². The minimum atomic E-state index is -0.737. The van der Waals surface area contributed by atoms with Crippen molar-refractivity contribution in [1.29, 1.82) is 0 Å². The second-order valence-electron chi connectivity index (χ2n) is 4.23. The topological polar surface area (TPSA) is 66.2 Å². The first kappa shape index (κ1) is 12.4. The van der Waals surface area contributed by atoms with E-state index in [0.717, 1.165) is 9.13 Å². The van der Waals surface area contributed by atoms with E-state index >= 15 is 0 Å². The van der Waals surface area contributed by atoms with Gasteiger partial charge in [0.05, 0.1) is 5.52 Å². The van der Waals surface area contributed by atoms with Crippen molar-refractivity contribution in [2.75, 3.05) is 0 Å². The normalized spacial score (nSPS) is 12.7. The maximum atomic E-state index is 11.1. The van der Waals surface area contributed by atoms with Gasteiger partial charge in [-0.25, -0.2) is 4.79 Å². The molecule has 3 aromatic rings. The lowest BCUT2D eigenvalue weighted by atomic mass is 10.0. The predicted molar refractivity (Wildman–Crippen MR) is 80.1 cm³/mol. The van der Waals surface area contributed by atoms with Crippen LogP contribution in [0.2, 0.25) is 0 Å². The average Bonchev–Trinajstić information content (AvgIpc) is 2.76. The fourth-order valence-corrected chi connectivity index (χ4v) is 2.57. The van der Waals surface area contributed by atoms with Gasteiger partial charge in [-0.15, -0.1) is 0 Å². The van der Waals surface area contributed by atoms with Crippen LogP contribution in [0.3, 0.4) is 0 Å². The summed E-state index contributed by atoms with van der Waals surface area (Å²) in [6.45, 7) is 0. The Labute approximate surface area is 122 Å². The van der Waals surface area contributed by atoms with E-state index in [1.807, 2.05) is 24.3 Å². The molecule has 2 aromatic carbocycles. The van der Waals surface area contributed by atoms with E-state index < -0.39 is 11.9 Å². The Morgan fingerprint density at radius 2 is 1.95 bits per heavy atom. The SMILES string of the molecule is O=c1[nH]c2ccc(C(O)c3cccc(I)c3)cc2o1. The summed E-state index contributed by atoms with van der Waals surface area (Å²) < 4.78 is 6.05. The van der Waals surface area contributed by atoms with E-state index in [0.29, 0.717) is 16.7 Å². The highest BCUT2D eigenvalue weighted by Crippen LogP contribution is 2.25. The third-order valence-corrected chi connectivity index (χ3v) is 3.60. The number of rotatable bonds is 2. The molecule has 0 aliphatic carbocycles. The van der Waals surface area contributed by atoms with Crippen LogP contribution >= 0.6 is 22.6 Å². The molecular weight excluding hydrogens is 357 g/mol. The van der Waals surface area contributed by atoms with Crippen LogP contribution in [-0.2, 0) is 0 Å². The molecule has 0 amide bonds. The number of oxazole rings is 1. The zero-order chi connectivity index (χ0) is 13.4. The van der Waals surface area contributed by atoms with Gasteiger partial charge in [-0.3, -0.25) is 4.98 Å². The van der Waals surface area contributed by atoms with Crippen molar-refractivity contribution in [3.8, 4) is 0 Å². The Balaban J connectivity index is 2.05. The van der Waals surface area contributed by atoms with Crippen LogP contribution in [0.1, 0.15) is 17.2 Å². The molecule has 1 heterocycles. The summed E-state index contributed by atoms with van der Waals surface area (Å²) in [5.41, 5.74) is 2.58. The molecule has 1 unspecified atom stereocenters. The Morgan fingerprint density at radius 3 is 2.74 bits per heavy atom. The van der Waals surface area contributed by atoms with Gasteiger partial charge in [0, 0.05) is 3.57 Å². The molecule has 0 radical (unpaired) electrons. The maximum Gasteiger partial charge on any atom is 0.417 e. The fourth-order valence-electron chi connectivity index (χ4n) is 2.00. The third kappa shape index (κ3) is 2.43. The van der Waals surface area contributed by atoms with Gasteiger partial charge in [0.2, 0.25) is 0 Å². The number of fused-ring (bicyclic) bond motifs is 1. The standard InChI is InChI=1S/C14H10INO3/c15-10-3-1-2-8(6-10)13(17)9-4-5-11-12(7-9)19-14(18)16-11/h1-7,13,17H,(H,16,18). The number of aromatic amines is 1. The molecule has 0 saturated heterocycles. The van der Waals surface area contributed by atoms with Gasteiger partial charge >= 0.3 is 5.76 Å². The summed E-state index contributed by atoms with van der Waals surface area (Å²) in [6, 6.07) is 12.8. The molecule has 0 saturated carbocycles. The monoisotopic (exact) mass is 367 g/mol. The first-order valence-electron chi connectivity index (χ1n) is 5.70. The number of halogens is 1. The van der Waals surface area contributed by atoms with E-state index in [4.69, 9.17) is 4.42 Å². The molecule has 5 heteroatoms. The van der Waals surface area contributed by atoms with E-state index in [1.54, 1.807) is 18.2 Å². The quantitative estimate of drug-likeness (QED) is 0.685. The molecule has 0 bridgehead atoms. The van der Waals surface area contributed by atoms with Crippen molar-refractivity contribution in [1.82, 2.24) is 4.98 Å². The summed E-state index contributed by atoms with van der Waals surface area (Å²) in [4.78, 5) is 13.7. The minimum Gasteiger partial charge on any atom is -0.408 e. The van der Waals surface area contributed by atoms with Crippen LogP contribution in [0.5, 0.6) is 0 Å². The minimum absolute atomic E-state index is 0.451. The molecule has 0 fully saturated rings. The highest BCUT2D eigenvalue weighted by Gasteiger charge is 2.12. The first-order chi connectivity index (χ1) is 9.13. The number of benzene rings is 2. The van der Waals surface area contributed by atoms with Gasteiger partial charge in [0.25, 0.3) is 0 Å². The van der Waals surface area contributed by atoms with Crippen molar-refractivity contribution < 1.29 is 9.52 Å². The molecular formula is C14H10INO3. The zero-order valence-electron chi connectivity index (χ0n) is 9.76.